The molecule has 3 saturated heterocycles. The Bertz CT molecular complexity index is 188. The molecule has 2 bridgehead atoms. The summed E-state index contributed by atoms with van der Waals surface area (Å²) in [6.45, 7) is 9.16. The van der Waals surface area contributed by atoms with Gasteiger partial charge < -0.3 is 0 Å². The van der Waals surface area contributed by atoms with E-state index in [0.717, 1.165) is 6.04 Å². The fourth-order valence-corrected chi connectivity index (χ4v) is 3.67. The molecule has 0 spiro atoms. The fraction of sp³-hybridized carbons (Fsp3) is 1.00. The van der Waals surface area contributed by atoms with Crippen molar-refractivity contribution in [1.29, 1.82) is 0 Å². The lowest BCUT2D eigenvalue weighted by Crippen LogP contribution is -2.66. The quantitative estimate of drug-likeness (QED) is 0.438. The summed E-state index contributed by atoms with van der Waals surface area (Å²) in [6, 6.07) is 0.904. The molecule has 3 rings (SSSR count). The number of nitrogens with zero attached hydrogens (tertiary/aromatic N) is 2. The van der Waals surface area contributed by atoms with Crippen molar-refractivity contribution >= 4 is 22.9 Å². The van der Waals surface area contributed by atoms with Gasteiger partial charge in [0.2, 0.25) is 22.9 Å². The van der Waals surface area contributed by atoms with E-state index < -0.39 is 0 Å². The first-order valence-electron chi connectivity index (χ1n) is 6.03. The average molecular weight is 309 g/mol. The zero-order valence-electron chi connectivity index (χ0n) is 9.21. The smallest absolute Gasteiger partial charge is 0.248 e. The summed E-state index contributed by atoms with van der Waals surface area (Å²) in [6.07, 6.45) is 5.66. The van der Waals surface area contributed by atoms with Crippen LogP contribution < -0.4 is 0 Å². The Morgan fingerprint density at radius 1 is 1.29 bits per heavy atom. The van der Waals surface area contributed by atoms with Crippen LogP contribution in [-0.4, -0.2) is 46.4 Å². The highest BCUT2D eigenvalue weighted by atomic mass is 127. The van der Waals surface area contributed by atoms with Crippen molar-refractivity contribution in [2.75, 3.05) is 32.7 Å². The summed E-state index contributed by atoms with van der Waals surface area (Å²) >= 11 is 2.68. The average Bonchev–Trinajstić information content (AvgIpc) is 2.18. The number of unbranched alkanes of at least 4 members (excludes halogenated alkanes) is 2. The van der Waals surface area contributed by atoms with Crippen LogP contribution in [0.1, 0.15) is 32.6 Å². The molecular weight excluding hydrogens is 287 g/mol. The van der Waals surface area contributed by atoms with Crippen molar-refractivity contribution in [3.05, 3.63) is 0 Å². The summed E-state index contributed by atoms with van der Waals surface area (Å²) in [4.78, 5) is 2.73. The molecule has 0 N–H and O–H groups in total. The van der Waals surface area contributed by atoms with Crippen LogP contribution in [0, 0.1) is 0 Å². The van der Waals surface area contributed by atoms with E-state index in [4.69, 9.17) is 0 Å². The lowest BCUT2D eigenvalue weighted by Gasteiger charge is -2.50. The molecular formula is C11H22IN2+. The third-order valence-corrected chi connectivity index (χ3v) is 5.13. The monoisotopic (exact) mass is 309 g/mol. The Labute approximate surface area is 102 Å². The van der Waals surface area contributed by atoms with Crippen LogP contribution in [0.3, 0.4) is 0 Å². The van der Waals surface area contributed by atoms with Gasteiger partial charge in [0.05, 0.1) is 19.1 Å². The molecule has 1 atom stereocenters. The zero-order valence-corrected chi connectivity index (χ0v) is 11.4. The molecule has 14 heavy (non-hydrogen) atoms. The van der Waals surface area contributed by atoms with Crippen LogP contribution in [0.5, 0.6) is 0 Å². The highest BCUT2D eigenvalue weighted by molar-refractivity contribution is 14.1. The Morgan fingerprint density at radius 2 is 2.00 bits per heavy atom. The Kier molecular flexibility index (Phi) is 3.71. The fourth-order valence-electron chi connectivity index (χ4n) is 2.78. The van der Waals surface area contributed by atoms with Crippen LogP contribution in [0.25, 0.3) is 0 Å². The molecule has 0 saturated carbocycles. The van der Waals surface area contributed by atoms with Gasteiger partial charge in [-0.25, -0.2) is 0 Å². The molecule has 0 aromatic carbocycles. The largest absolute Gasteiger partial charge is 0.284 e. The van der Waals surface area contributed by atoms with E-state index in [2.05, 4.69) is 34.7 Å². The van der Waals surface area contributed by atoms with Gasteiger partial charge in [-0.1, -0.05) is 26.2 Å². The molecule has 0 amide bonds. The first-order chi connectivity index (χ1) is 6.73. The predicted octanol–water partition coefficient (Wildman–Crippen LogP) is 2.43. The molecule has 82 valence electrons. The number of quaternary nitrogens is 1. The summed E-state index contributed by atoms with van der Waals surface area (Å²) in [5.74, 6) is 0. The Hall–Kier alpha value is 0.650. The standard InChI is InChI=1S/C11H22IN2/c1-2-3-4-5-11-10-14(12)8-6-13(11)7-9-14/h11H,2-10H2,1H3/q+1. The van der Waals surface area contributed by atoms with E-state index in [-0.39, 0.29) is 0 Å². The number of piperazine rings is 3. The van der Waals surface area contributed by atoms with Crippen molar-refractivity contribution in [3.8, 4) is 0 Å². The van der Waals surface area contributed by atoms with Crippen LogP contribution >= 0.6 is 22.9 Å². The van der Waals surface area contributed by atoms with Crippen molar-refractivity contribution in [3.63, 3.8) is 0 Å². The van der Waals surface area contributed by atoms with Gasteiger partial charge >= 0.3 is 0 Å². The Morgan fingerprint density at radius 3 is 2.57 bits per heavy atom. The molecule has 3 heterocycles. The molecule has 0 aromatic rings. The number of hydrogen-bond acceptors (Lipinski definition) is 1. The highest BCUT2D eigenvalue weighted by Gasteiger charge is 2.42. The van der Waals surface area contributed by atoms with E-state index in [1.54, 1.807) is 0 Å². The Balaban J connectivity index is 1.82. The third kappa shape index (κ3) is 2.42. The predicted molar refractivity (Wildman–Crippen MR) is 68.4 cm³/mol. The number of halogens is 1. The van der Waals surface area contributed by atoms with Gasteiger partial charge in [-0.05, 0) is 6.42 Å². The normalized spacial score (nSPS) is 41.6. The van der Waals surface area contributed by atoms with Gasteiger partial charge in [0.25, 0.3) is 0 Å². The minimum absolute atomic E-state index is 0.904. The molecule has 3 fully saturated rings. The summed E-state index contributed by atoms with van der Waals surface area (Å²) in [5.41, 5.74) is 0. The van der Waals surface area contributed by atoms with Gasteiger partial charge in [-0.15, -0.1) is 0 Å². The van der Waals surface area contributed by atoms with Crippen molar-refractivity contribution in [1.82, 2.24) is 4.90 Å². The number of fused-ring (bicyclic) bond motifs is 3. The molecule has 3 aliphatic heterocycles. The molecule has 2 nitrogen and oxygen atoms in total. The maximum Gasteiger partial charge on any atom is 0.248 e. The second-order valence-electron chi connectivity index (χ2n) is 4.84. The topological polar surface area (TPSA) is 3.24 Å². The molecule has 3 aliphatic rings. The first-order valence-corrected chi connectivity index (χ1v) is 7.00. The second kappa shape index (κ2) is 4.66. The van der Waals surface area contributed by atoms with Crippen LogP contribution in [0.2, 0.25) is 0 Å². The lowest BCUT2D eigenvalue weighted by molar-refractivity contribution is -0.778. The van der Waals surface area contributed by atoms with Gasteiger partial charge in [-0.3, -0.25) is 7.60 Å². The van der Waals surface area contributed by atoms with Crippen LogP contribution in [-0.2, 0) is 0 Å². The minimum Gasteiger partial charge on any atom is -0.284 e. The summed E-state index contributed by atoms with van der Waals surface area (Å²) < 4.78 is 1.32. The molecule has 0 aromatic heterocycles. The molecule has 0 aliphatic carbocycles. The van der Waals surface area contributed by atoms with Crippen LogP contribution in [0.4, 0.5) is 0 Å². The third-order valence-electron chi connectivity index (χ3n) is 3.77. The van der Waals surface area contributed by atoms with Gasteiger partial charge in [0, 0.05) is 13.1 Å². The van der Waals surface area contributed by atoms with Gasteiger partial charge in [0.1, 0.15) is 6.54 Å². The maximum absolute atomic E-state index is 2.73. The van der Waals surface area contributed by atoms with Crippen LogP contribution in [0.15, 0.2) is 0 Å². The zero-order chi connectivity index (χ0) is 10.0. The maximum atomic E-state index is 2.73. The van der Waals surface area contributed by atoms with E-state index in [0.29, 0.717) is 0 Å². The second-order valence-corrected chi connectivity index (χ2v) is 6.89. The van der Waals surface area contributed by atoms with Crippen molar-refractivity contribution in [2.45, 2.75) is 38.6 Å². The van der Waals surface area contributed by atoms with Crippen molar-refractivity contribution < 1.29 is 2.70 Å². The SMILES string of the molecule is CCCCCC1C[N+]2(I)CCN1CC2. The van der Waals surface area contributed by atoms with E-state index in [1.165, 1.54) is 61.1 Å². The molecule has 0 radical (unpaired) electrons. The number of hydrogen-bond donors (Lipinski definition) is 0. The van der Waals surface area contributed by atoms with E-state index in [9.17, 15) is 0 Å². The van der Waals surface area contributed by atoms with Crippen molar-refractivity contribution in [2.24, 2.45) is 0 Å². The summed E-state index contributed by atoms with van der Waals surface area (Å²) in [5, 5.41) is 0. The minimum atomic E-state index is 0.904. The lowest BCUT2D eigenvalue weighted by atomic mass is 10.0. The van der Waals surface area contributed by atoms with Gasteiger partial charge in [0.15, 0.2) is 0 Å². The van der Waals surface area contributed by atoms with Gasteiger partial charge in [-0.2, -0.15) is 0 Å². The summed E-state index contributed by atoms with van der Waals surface area (Å²) in [7, 11) is 0. The molecule has 1 unspecified atom stereocenters. The number of rotatable bonds is 4. The van der Waals surface area contributed by atoms with E-state index in [1.807, 2.05) is 0 Å². The molecule has 3 heteroatoms. The highest BCUT2D eigenvalue weighted by Crippen LogP contribution is 2.30. The van der Waals surface area contributed by atoms with E-state index >= 15 is 0 Å². The first kappa shape index (κ1) is 11.1.